The van der Waals surface area contributed by atoms with E-state index >= 15 is 0 Å². The molecule has 5 nitrogen and oxygen atoms in total. The monoisotopic (exact) mass is 436 g/mol. The minimum absolute atomic E-state index is 0.0693. The second-order valence-corrected chi connectivity index (χ2v) is 11.1. The predicted octanol–water partition coefficient (Wildman–Crippen LogP) is 4.88. The summed E-state index contributed by atoms with van der Waals surface area (Å²) in [4.78, 5) is 4.85. The Kier molecular flexibility index (Phi) is 6.15. The molecule has 5 heteroatoms. The van der Waals surface area contributed by atoms with Gasteiger partial charge in [-0.25, -0.2) is 0 Å². The number of pyridine rings is 1. The second-order valence-electron chi connectivity index (χ2n) is 11.1. The summed E-state index contributed by atoms with van der Waals surface area (Å²) in [5.41, 5.74) is 3.02. The molecular formula is C27H40N4O. The van der Waals surface area contributed by atoms with Crippen LogP contribution in [-0.4, -0.2) is 42.0 Å². The van der Waals surface area contributed by atoms with Crippen molar-refractivity contribution in [2.75, 3.05) is 13.2 Å². The van der Waals surface area contributed by atoms with E-state index in [1.165, 1.54) is 62.6 Å². The van der Waals surface area contributed by atoms with Gasteiger partial charge in [0.15, 0.2) is 0 Å². The molecule has 3 atom stereocenters. The molecular weight excluding hydrogens is 396 g/mol. The molecule has 2 aliphatic carbocycles. The van der Waals surface area contributed by atoms with Crippen molar-refractivity contribution < 1.29 is 4.74 Å². The number of aromatic nitrogens is 1. The smallest absolute Gasteiger partial charge is 0.0691 e. The summed E-state index contributed by atoms with van der Waals surface area (Å²) in [5.74, 6) is 0. The average Bonchev–Trinajstić information content (AvgIpc) is 3.40. The Morgan fingerprint density at radius 1 is 1.19 bits per heavy atom. The van der Waals surface area contributed by atoms with Gasteiger partial charge in [0.25, 0.3) is 0 Å². The van der Waals surface area contributed by atoms with Crippen molar-refractivity contribution in [2.45, 2.75) is 101 Å². The number of hydrogen-bond acceptors (Lipinski definition) is 5. The van der Waals surface area contributed by atoms with E-state index in [4.69, 9.17) is 15.1 Å². The van der Waals surface area contributed by atoms with Crippen molar-refractivity contribution in [2.24, 2.45) is 5.41 Å². The zero-order valence-corrected chi connectivity index (χ0v) is 19.7. The van der Waals surface area contributed by atoms with Crippen molar-refractivity contribution in [1.82, 2.24) is 15.6 Å². The van der Waals surface area contributed by atoms with Gasteiger partial charge in [-0.1, -0.05) is 32.3 Å². The van der Waals surface area contributed by atoms with Gasteiger partial charge in [-0.05, 0) is 81.5 Å². The lowest BCUT2D eigenvalue weighted by Gasteiger charge is -2.46. The van der Waals surface area contributed by atoms with Crippen molar-refractivity contribution >= 4 is 6.21 Å². The minimum Gasteiger partial charge on any atom is -0.384 e. The fourth-order valence-electron chi connectivity index (χ4n) is 6.99. The molecule has 1 aromatic rings. The van der Waals surface area contributed by atoms with Gasteiger partial charge in [-0.15, -0.1) is 0 Å². The van der Waals surface area contributed by atoms with Gasteiger partial charge < -0.3 is 20.8 Å². The highest BCUT2D eigenvalue weighted by Gasteiger charge is 2.49. The SMILES string of the molecule is CC1(C2CC(NCC[C@@]3(c4ccccn4)CCOC4(CCCC4)C3)/C(=C/C=N)N2)CCC1. The van der Waals surface area contributed by atoms with Gasteiger partial charge in [0.1, 0.15) is 0 Å². The lowest BCUT2D eigenvalue weighted by atomic mass is 9.65. The van der Waals surface area contributed by atoms with Crippen LogP contribution in [0.3, 0.4) is 0 Å². The summed E-state index contributed by atoms with van der Waals surface area (Å²) in [6.45, 7) is 4.25. The third-order valence-corrected chi connectivity index (χ3v) is 9.15. The Balaban J connectivity index is 1.29. The topological polar surface area (TPSA) is 70.0 Å². The molecule has 0 radical (unpaired) electrons. The summed E-state index contributed by atoms with van der Waals surface area (Å²) in [6, 6.07) is 7.25. The molecule has 1 aromatic heterocycles. The number of hydrogen-bond donors (Lipinski definition) is 3. The van der Waals surface area contributed by atoms with Gasteiger partial charge >= 0.3 is 0 Å². The summed E-state index contributed by atoms with van der Waals surface area (Å²) in [7, 11) is 0. The highest BCUT2D eigenvalue weighted by molar-refractivity contribution is 5.69. The summed E-state index contributed by atoms with van der Waals surface area (Å²) >= 11 is 0. The van der Waals surface area contributed by atoms with Crippen LogP contribution in [0, 0.1) is 10.8 Å². The molecule has 174 valence electrons. The van der Waals surface area contributed by atoms with Crippen LogP contribution < -0.4 is 10.6 Å². The Hall–Kier alpha value is -1.72. The van der Waals surface area contributed by atoms with E-state index in [0.717, 1.165) is 38.8 Å². The Labute approximate surface area is 193 Å². The van der Waals surface area contributed by atoms with Crippen molar-refractivity contribution in [3.63, 3.8) is 0 Å². The van der Waals surface area contributed by atoms with Crippen molar-refractivity contribution in [1.29, 1.82) is 5.41 Å². The molecule has 1 spiro atoms. The standard InChI is InChI=1S/C27H40N4O/c1-25(9-6-10-25)24-19-22(21(31-24)8-15-28)29-17-13-26(23-7-2-5-16-30-23)14-18-32-27(20-26)11-3-4-12-27/h2,5,7-8,15-16,22,24,28-29,31H,3-4,6,9-14,17-20H2,1H3/b21-8-,28-15?/t22?,24?,26-/m1/s1. The molecule has 2 unspecified atom stereocenters. The lowest BCUT2D eigenvalue weighted by Crippen LogP contribution is -2.48. The first-order valence-electron chi connectivity index (χ1n) is 12.8. The lowest BCUT2D eigenvalue weighted by molar-refractivity contribution is -0.104. The number of nitrogens with zero attached hydrogens (tertiary/aromatic N) is 1. The molecule has 0 bridgehead atoms. The third kappa shape index (κ3) is 4.14. The van der Waals surface area contributed by atoms with E-state index in [0.29, 0.717) is 17.5 Å². The maximum atomic E-state index is 7.62. The van der Waals surface area contributed by atoms with E-state index in [1.807, 2.05) is 18.3 Å². The van der Waals surface area contributed by atoms with Crippen molar-refractivity contribution in [3.8, 4) is 0 Å². The zero-order valence-electron chi connectivity index (χ0n) is 19.7. The molecule has 32 heavy (non-hydrogen) atoms. The van der Waals surface area contributed by atoms with Crippen molar-refractivity contribution in [3.05, 3.63) is 41.9 Å². The van der Waals surface area contributed by atoms with Crippen LogP contribution in [0.2, 0.25) is 0 Å². The van der Waals surface area contributed by atoms with Crippen LogP contribution in [0.4, 0.5) is 0 Å². The molecule has 2 saturated carbocycles. The van der Waals surface area contributed by atoms with Gasteiger partial charge in [0, 0.05) is 47.9 Å². The van der Waals surface area contributed by atoms with E-state index in [-0.39, 0.29) is 11.0 Å². The first-order chi connectivity index (χ1) is 15.6. The Morgan fingerprint density at radius 2 is 2.03 bits per heavy atom. The number of allylic oxidation sites excluding steroid dienone is 1. The Morgan fingerprint density at radius 3 is 2.72 bits per heavy atom. The first kappa shape index (κ1) is 22.1. The quantitative estimate of drug-likeness (QED) is 0.533. The summed E-state index contributed by atoms with van der Waals surface area (Å²) < 4.78 is 6.41. The maximum Gasteiger partial charge on any atom is 0.0691 e. The fraction of sp³-hybridized carbons (Fsp3) is 0.704. The maximum absolute atomic E-state index is 7.62. The minimum atomic E-state index is 0.0693. The molecule has 2 saturated heterocycles. The van der Waals surface area contributed by atoms with Gasteiger partial charge in [-0.2, -0.15) is 0 Å². The van der Waals surface area contributed by atoms with Crippen LogP contribution in [0.1, 0.15) is 83.2 Å². The highest BCUT2D eigenvalue weighted by atomic mass is 16.5. The average molecular weight is 437 g/mol. The summed E-state index contributed by atoms with van der Waals surface area (Å²) in [5, 5.41) is 15.3. The molecule has 3 heterocycles. The highest BCUT2D eigenvalue weighted by Crippen LogP contribution is 2.50. The first-order valence-corrected chi connectivity index (χ1v) is 12.8. The zero-order chi connectivity index (χ0) is 22.1. The van der Waals surface area contributed by atoms with E-state index in [9.17, 15) is 0 Å². The van der Waals surface area contributed by atoms with E-state index < -0.39 is 0 Å². The molecule has 0 amide bonds. The number of ether oxygens (including phenoxy) is 1. The third-order valence-electron chi connectivity index (χ3n) is 9.15. The Bertz CT molecular complexity index is 827. The van der Waals surface area contributed by atoms with E-state index in [2.05, 4.69) is 29.7 Å². The summed E-state index contributed by atoms with van der Waals surface area (Å²) in [6.07, 6.45) is 18.7. The fourth-order valence-corrected chi connectivity index (χ4v) is 6.99. The second kappa shape index (κ2) is 8.90. The van der Waals surface area contributed by atoms with Crippen LogP contribution in [0.25, 0.3) is 0 Å². The molecule has 5 rings (SSSR count). The van der Waals surface area contributed by atoms with Gasteiger partial charge in [0.2, 0.25) is 0 Å². The van der Waals surface area contributed by atoms with Crippen LogP contribution in [0.5, 0.6) is 0 Å². The largest absolute Gasteiger partial charge is 0.384 e. The van der Waals surface area contributed by atoms with Crippen LogP contribution in [0.15, 0.2) is 36.2 Å². The van der Waals surface area contributed by atoms with E-state index in [1.54, 1.807) is 0 Å². The molecule has 0 aromatic carbocycles. The van der Waals surface area contributed by atoms with Gasteiger partial charge in [-0.3, -0.25) is 4.98 Å². The van der Waals surface area contributed by atoms with Crippen LogP contribution >= 0.6 is 0 Å². The molecule has 4 aliphatic rings. The number of nitrogens with one attached hydrogen (secondary N) is 3. The normalized spacial score (nSPS) is 34.3. The molecule has 3 N–H and O–H groups in total. The molecule has 2 aliphatic heterocycles. The van der Waals surface area contributed by atoms with Gasteiger partial charge in [0.05, 0.1) is 5.60 Å². The number of rotatable bonds is 7. The predicted molar refractivity (Wildman–Crippen MR) is 129 cm³/mol. The van der Waals surface area contributed by atoms with Crippen LogP contribution in [-0.2, 0) is 10.2 Å². The molecule has 4 fully saturated rings.